The van der Waals surface area contributed by atoms with Gasteiger partial charge in [0.2, 0.25) is 5.91 Å². The number of anilines is 1. The molecule has 1 aliphatic rings. The van der Waals surface area contributed by atoms with Gasteiger partial charge in [-0.2, -0.15) is 0 Å². The van der Waals surface area contributed by atoms with Crippen molar-refractivity contribution in [2.24, 2.45) is 0 Å². The number of likely N-dealkylation sites (N-methyl/N-ethyl adjacent to an activating group) is 1. The number of nitrogens with one attached hydrogen (secondary N) is 1. The average molecular weight is 344 g/mol. The van der Waals surface area contributed by atoms with E-state index < -0.39 is 0 Å². The van der Waals surface area contributed by atoms with Crippen molar-refractivity contribution in [3.8, 4) is 11.5 Å². The number of hydrogen-bond acceptors (Lipinski definition) is 4. The van der Waals surface area contributed by atoms with E-state index >= 15 is 0 Å². The zero-order valence-corrected chi connectivity index (χ0v) is 14.3. The number of carbonyl (C=O) groups excluding carboxylic acids is 1. The van der Waals surface area contributed by atoms with Crippen molar-refractivity contribution in [3.05, 3.63) is 53.8 Å². The van der Waals surface area contributed by atoms with Gasteiger partial charge in [0.15, 0.2) is 11.5 Å². The Morgan fingerprint density at radius 1 is 1.16 bits per heavy atom. The molecular weight excluding hydrogens is 323 g/mol. The first-order valence-electron chi connectivity index (χ1n) is 8.18. The van der Waals surface area contributed by atoms with Gasteiger partial charge in [-0.3, -0.25) is 9.69 Å². The molecule has 1 N–H and O–H groups in total. The Balaban J connectivity index is 1.60. The number of nitrogens with zero attached hydrogens (tertiary/aromatic N) is 1. The average Bonchev–Trinajstić information content (AvgIpc) is 2.62. The number of carbonyl (C=O) groups is 1. The van der Waals surface area contributed by atoms with Gasteiger partial charge in [0.05, 0.1) is 6.04 Å². The van der Waals surface area contributed by atoms with Crippen LogP contribution in [-0.4, -0.2) is 37.1 Å². The zero-order chi connectivity index (χ0) is 17.8. The van der Waals surface area contributed by atoms with Crippen LogP contribution in [0.15, 0.2) is 42.5 Å². The topological polar surface area (TPSA) is 50.8 Å². The van der Waals surface area contributed by atoms with Crippen LogP contribution < -0.4 is 14.8 Å². The molecule has 0 saturated heterocycles. The maximum Gasteiger partial charge on any atom is 0.241 e. The molecule has 1 atom stereocenters. The Labute approximate surface area is 146 Å². The van der Waals surface area contributed by atoms with E-state index in [1.54, 1.807) is 12.1 Å². The number of benzene rings is 2. The maximum atomic E-state index is 12.9. The SMILES string of the molecule is CC(C(=O)Nc1ccc(F)cc1)N(C)Cc1ccc2c(c1)OCCO2. The quantitative estimate of drug-likeness (QED) is 0.906. The summed E-state index contributed by atoms with van der Waals surface area (Å²) in [6.07, 6.45) is 0. The monoisotopic (exact) mass is 344 g/mol. The smallest absolute Gasteiger partial charge is 0.241 e. The van der Waals surface area contributed by atoms with Gasteiger partial charge in [0.1, 0.15) is 19.0 Å². The normalized spacial score (nSPS) is 14.2. The van der Waals surface area contributed by atoms with Gasteiger partial charge in [0, 0.05) is 12.2 Å². The van der Waals surface area contributed by atoms with Crippen molar-refractivity contribution in [1.29, 1.82) is 0 Å². The Bertz CT molecular complexity index is 749. The molecule has 1 heterocycles. The van der Waals surface area contributed by atoms with E-state index in [9.17, 15) is 9.18 Å². The fourth-order valence-corrected chi connectivity index (χ4v) is 2.59. The van der Waals surface area contributed by atoms with E-state index in [0.29, 0.717) is 25.4 Å². The predicted octanol–water partition coefficient (Wildman–Crippen LogP) is 3.06. The molecule has 0 bridgehead atoms. The van der Waals surface area contributed by atoms with Gasteiger partial charge < -0.3 is 14.8 Å². The summed E-state index contributed by atoms with van der Waals surface area (Å²) in [5.74, 6) is 1.01. The molecule has 2 aromatic carbocycles. The molecule has 1 unspecified atom stereocenters. The standard InChI is InChI=1S/C19H21FN2O3/c1-13(19(23)21-16-6-4-15(20)5-7-16)22(2)12-14-3-8-17-18(11-14)25-10-9-24-17/h3-8,11,13H,9-10,12H2,1-2H3,(H,21,23). The second kappa shape index (κ2) is 7.53. The molecule has 132 valence electrons. The lowest BCUT2D eigenvalue weighted by atomic mass is 10.1. The summed E-state index contributed by atoms with van der Waals surface area (Å²) in [5, 5.41) is 2.79. The number of fused-ring (bicyclic) bond motifs is 1. The van der Waals surface area contributed by atoms with E-state index in [1.165, 1.54) is 12.1 Å². The lowest BCUT2D eigenvalue weighted by Gasteiger charge is -2.25. The van der Waals surface area contributed by atoms with Crippen molar-refractivity contribution in [2.75, 3.05) is 25.6 Å². The maximum absolute atomic E-state index is 12.9. The van der Waals surface area contributed by atoms with Crippen LogP contribution in [0.1, 0.15) is 12.5 Å². The van der Waals surface area contributed by atoms with Crippen LogP contribution in [0.25, 0.3) is 0 Å². The van der Waals surface area contributed by atoms with E-state index in [-0.39, 0.29) is 17.8 Å². The van der Waals surface area contributed by atoms with E-state index in [0.717, 1.165) is 17.1 Å². The number of hydrogen-bond donors (Lipinski definition) is 1. The molecule has 0 spiro atoms. The third-order valence-corrected chi connectivity index (χ3v) is 4.19. The second-order valence-corrected chi connectivity index (χ2v) is 6.07. The van der Waals surface area contributed by atoms with Crippen LogP contribution in [0, 0.1) is 5.82 Å². The van der Waals surface area contributed by atoms with E-state index in [2.05, 4.69) is 5.32 Å². The molecule has 1 aliphatic heterocycles. The highest BCUT2D eigenvalue weighted by Gasteiger charge is 2.19. The Morgan fingerprint density at radius 2 is 1.84 bits per heavy atom. The highest BCUT2D eigenvalue weighted by Crippen LogP contribution is 2.31. The second-order valence-electron chi connectivity index (χ2n) is 6.07. The molecular formula is C19H21FN2O3. The lowest BCUT2D eigenvalue weighted by Crippen LogP contribution is -2.39. The first kappa shape index (κ1) is 17.2. The van der Waals surface area contributed by atoms with Crippen LogP contribution in [-0.2, 0) is 11.3 Å². The molecule has 0 saturated carbocycles. The van der Waals surface area contributed by atoms with Gasteiger partial charge >= 0.3 is 0 Å². The van der Waals surface area contributed by atoms with E-state index in [4.69, 9.17) is 9.47 Å². The molecule has 0 aliphatic carbocycles. The van der Waals surface area contributed by atoms with Gasteiger partial charge in [-0.15, -0.1) is 0 Å². The van der Waals surface area contributed by atoms with Crippen molar-refractivity contribution in [2.45, 2.75) is 19.5 Å². The first-order valence-corrected chi connectivity index (χ1v) is 8.18. The third kappa shape index (κ3) is 4.28. The lowest BCUT2D eigenvalue weighted by molar-refractivity contribution is -0.120. The molecule has 5 nitrogen and oxygen atoms in total. The summed E-state index contributed by atoms with van der Waals surface area (Å²) in [4.78, 5) is 14.3. The first-order chi connectivity index (χ1) is 12.0. The van der Waals surface area contributed by atoms with Crippen LogP contribution >= 0.6 is 0 Å². The van der Waals surface area contributed by atoms with Crippen LogP contribution in [0.2, 0.25) is 0 Å². The number of ether oxygens (including phenoxy) is 2. The molecule has 2 aromatic rings. The molecule has 25 heavy (non-hydrogen) atoms. The summed E-state index contributed by atoms with van der Waals surface area (Å²) in [6, 6.07) is 11.2. The number of amides is 1. The number of halogens is 1. The van der Waals surface area contributed by atoms with Gasteiger partial charge in [-0.1, -0.05) is 6.07 Å². The Morgan fingerprint density at radius 3 is 2.56 bits per heavy atom. The summed E-state index contributed by atoms with van der Waals surface area (Å²) >= 11 is 0. The van der Waals surface area contributed by atoms with Crippen molar-refractivity contribution in [3.63, 3.8) is 0 Å². The molecule has 3 rings (SSSR count). The Kier molecular flexibility index (Phi) is 5.19. The zero-order valence-electron chi connectivity index (χ0n) is 14.3. The highest BCUT2D eigenvalue weighted by atomic mass is 19.1. The predicted molar refractivity (Wildman–Crippen MR) is 93.4 cm³/mol. The number of rotatable bonds is 5. The van der Waals surface area contributed by atoms with Gasteiger partial charge in [-0.25, -0.2) is 4.39 Å². The summed E-state index contributed by atoms with van der Waals surface area (Å²) in [5.41, 5.74) is 1.61. The largest absolute Gasteiger partial charge is 0.486 e. The summed E-state index contributed by atoms with van der Waals surface area (Å²) in [6.45, 7) is 3.53. The summed E-state index contributed by atoms with van der Waals surface area (Å²) < 4.78 is 24.0. The fraction of sp³-hybridized carbons (Fsp3) is 0.316. The van der Waals surface area contributed by atoms with Crippen molar-refractivity contribution < 1.29 is 18.7 Å². The van der Waals surface area contributed by atoms with Crippen LogP contribution in [0.5, 0.6) is 11.5 Å². The van der Waals surface area contributed by atoms with Crippen molar-refractivity contribution >= 4 is 11.6 Å². The minimum absolute atomic E-state index is 0.147. The third-order valence-electron chi connectivity index (χ3n) is 4.19. The van der Waals surface area contributed by atoms with Crippen molar-refractivity contribution in [1.82, 2.24) is 4.90 Å². The minimum Gasteiger partial charge on any atom is -0.486 e. The van der Waals surface area contributed by atoms with E-state index in [1.807, 2.05) is 37.1 Å². The van der Waals surface area contributed by atoms with Gasteiger partial charge in [0.25, 0.3) is 0 Å². The Hall–Kier alpha value is -2.60. The molecule has 6 heteroatoms. The minimum atomic E-state index is -0.349. The highest BCUT2D eigenvalue weighted by molar-refractivity contribution is 5.94. The van der Waals surface area contributed by atoms with Crippen LogP contribution in [0.4, 0.5) is 10.1 Å². The molecule has 1 amide bonds. The molecule has 0 fully saturated rings. The molecule has 0 radical (unpaired) electrons. The fourth-order valence-electron chi connectivity index (χ4n) is 2.59. The summed E-state index contributed by atoms with van der Waals surface area (Å²) in [7, 11) is 1.88. The van der Waals surface area contributed by atoms with Gasteiger partial charge in [-0.05, 0) is 55.9 Å². The molecule has 0 aromatic heterocycles. The van der Waals surface area contributed by atoms with Crippen LogP contribution in [0.3, 0.4) is 0 Å².